The van der Waals surface area contributed by atoms with Gasteiger partial charge in [0.25, 0.3) is 5.91 Å². The molecule has 5 rings (SSSR count). The van der Waals surface area contributed by atoms with Crippen LogP contribution in [0, 0.1) is 0 Å². The molecule has 3 aromatic heterocycles. The summed E-state index contributed by atoms with van der Waals surface area (Å²) in [7, 11) is 0. The summed E-state index contributed by atoms with van der Waals surface area (Å²) in [6, 6.07) is 19.1. The van der Waals surface area contributed by atoms with Crippen LogP contribution in [0.2, 0.25) is 5.02 Å². The van der Waals surface area contributed by atoms with E-state index in [4.69, 9.17) is 11.6 Å². The van der Waals surface area contributed by atoms with Crippen molar-refractivity contribution in [1.29, 1.82) is 0 Å². The normalized spacial score (nSPS) is 11.2. The molecule has 2 aromatic carbocycles. The Balaban J connectivity index is 1.63. The third-order valence-electron chi connectivity index (χ3n) is 4.70. The van der Waals surface area contributed by atoms with E-state index in [-0.39, 0.29) is 5.91 Å². The summed E-state index contributed by atoms with van der Waals surface area (Å²) < 4.78 is 0.935. The van der Waals surface area contributed by atoms with Gasteiger partial charge in [0.2, 0.25) is 0 Å². The lowest BCUT2D eigenvalue weighted by molar-refractivity contribution is 0.0986. The molecule has 0 aliphatic heterocycles. The van der Waals surface area contributed by atoms with E-state index in [1.54, 1.807) is 23.4 Å². The van der Waals surface area contributed by atoms with Gasteiger partial charge in [-0.1, -0.05) is 53.3 Å². The van der Waals surface area contributed by atoms with Gasteiger partial charge in [-0.25, -0.2) is 4.98 Å². The monoisotopic (exact) mass is 418 g/mol. The van der Waals surface area contributed by atoms with Gasteiger partial charge in [-0.05, 0) is 30.3 Å². The van der Waals surface area contributed by atoms with Crippen molar-refractivity contribution >= 4 is 55.1 Å². The maximum atomic E-state index is 13.6. The Labute approximate surface area is 175 Å². The number of nitrogens with zero attached hydrogens (tertiary/aromatic N) is 3. The second-order valence-electron chi connectivity index (χ2n) is 6.54. The highest BCUT2D eigenvalue weighted by atomic mass is 35.5. The van der Waals surface area contributed by atoms with Gasteiger partial charge in [-0.3, -0.25) is 14.7 Å². The van der Waals surface area contributed by atoms with Crippen molar-refractivity contribution in [3.05, 3.63) is 89.3 Å². The van der Waals surface area contributed by atoms with Crippen molar-refractivity contribution in [2.75, 3.05) is 4.90 Å². The van der Waals surface area contributed by atoms with Crippen LogP contribution >= 0.6 is 22.9 Å². The van der Waals surface area contributed by atoms with E-state index in [1.807, 2.05) is 54.6 Å². The van der Waals surface area contributed by atoms with E-state index in [1.165, 1.54) is 11.3 Å². The summed E-state index contributed by atoms with van der Waals surface area (Å²) in [5.74, 6) is -0.136. The lowest BCUT2D eigenvalue weighted by Gasteiger charge is -2.19. The zero-order valence-electron chi connectivity index (χ0n) is 15.2. The fourth-order valence-corrected chi connectivity index (χ4v) is 4.56. The molecule has 29 heavy (non-hydrogen) atoms. The topological polar surface area (TPSA) is 61.9 Å². The first kappa shape index (κ1) is 17.8. The molecule has 0 saturated heterocycles. The van der Waals surface area contributed by atoms with Crippen LogP contribution in [-0.4, -0.2) is 20.9 Å². The number of thiazole rings is 1. The number of hydrogen-bond donors (Lipinski definition) is 1. The fourth-order valence-electron chi connectivity index (χ4n) is 3.29. The summed E-state index contributed by atoms with van der Waals surface area (Å²) in [5.41, 5.74) is 3.00. The minimum Gasteiger partial charge on any atom is -0.360 e. The highest BCUT2D eigenvalue weighted by molar-refractivity contribution is 7.22. The molecule has 0 aliphatic carbocycles. The molecule has 1 amide bonds. The first-order chi connectivity index (χ1) is 14.2. The van der Waals surface area contributed by atoms with Crippen LogP contribution in [0.25, 0.3) is 21.1 Å². The van der Waals surface area contributed by atoms with Gasteiger partial charge in [0, 0.05) is 23.3 Å². The molecular weight excluding hydrogens is 404 g/mol. The number of benzene rings is 2. The smallest absolute Gasteiger partial charge is 0.262 e. The number of hydrogen-bond acceptors (Lipinski definition) is 4. The number of amides is 1. The minimum absolute atomic E-state index is 0.136. The minimum atomic E-state index is -0.136. The highest BCUT2D eigenvalue weighted by Gasteiger charge is 2.24. The van der Waals surface area contributed by atoms with Crippen LogP contribution in [0.3, 0.4) is 0 Å². The van der Waals surface area contributed by atoms with Crippen LogP contribution in [0.5, 0.6) is 0 Å². The first-order valence-electron chi connectivity index (χ1n) is 9.03. The predicted octanol–water partition coefficient (Wildman–Crippen LogP) is 5.67. The predicted molar refractivity (Wildman–Crippen MR) is 118 cm³/mol. The Hall–Kier alpha value is -3.22. The number of carbonyl (C=O) groups is 1. The van der Waals surface area contributed by atoms with E-state index in [2.05, 4.69) is 15.0 Å². The largest absolute Gasteiger partial charge is 0.360 e. The molecule has 3 heterocycles. The number of rotatable bonds is 4. The summed E-state index contributed by atoms with van der Waals surface area (Å²) in [6.45, 7) is 0.316. The molecule has 142 valence electrons. The van der Waals surface area contributed by atoms with Crippen molar-refractivity contribution in [3.63, 3.8) is 0 Å². The Morgan fingerprint density at radius 2 is 1.93 bits per heavy atom. The number of carbonyl (C=O) groups excluding carboxylic acids is 1. The zero-order chi connectivity index (χ0) is 19.8. The molecule has 0 saturated carbocycles. The highest BCUT2D eigenvalue weighted by Crippen LogP contribution is 2.34. The Kier molecular flexibility index (Phi) is 4.50. The van der Waals surface area contributed by atoms with E-state index in [9.17, 15) is 4.79 Å². The van der Waals surface area contributed by atoms with Gasteiger partial charge >= 0.3 is 0 Å². The van der Waals surface area contributed by atoms with Gasteiger partial charge in [-0.15, -0.1) is 0 Å². The summed E-state index contributed by atoms with van der Waals surface area (Å²) in [4.78, 5) is 27.5. The number of nitrogens with one attached hydrogen (secondary N) is 1. The zero-order valence-corrected chi connectivity index (χ0v) is 16.7. The number of para-hydroxylation sites is 2. The third-order valence-corrected chi connectivity index (χ3v) is 6.05. The molecule has 0 spiro atoms. The van der Waals surface area contributed by atoms with Crippen molar-refractivity contribution in [2.24, 2.45) is 0 Å². The van der Waals surface area contributed by atoms with Gasteiger partial charge in [-0.2, -0.15) is 0 Å². The maximum Gasteiger partial charge on any atom is 0.262 e. The van der Waals surface area contributed by atoms with E-state index in [0.717, 1.165) is 21.3 Å². The van der Waals surface area contributed by atoms with Gasteiger partial charge in [0.05, 0.1) is 27.5 Å². The summed E-state index contributed by atoms with van der Waals surface area (Å²) in [5, 5.41) is 2.04. The van der Waals surface area contributed by atoms with E-state index >= 15 is 0 Å². The first-order valence-corrected chi connectivity index (χ1v) is 10.2. The van der Waals surface area contributed by atoms with Crippen molar-refractivity contribution < 1.29 is 4.79 Å². The molecule has 5 aromatic rings. The summed E-state index contributed by atoms with van der Waals surface area (Å²) in [6.07, 6.45) is 3.47. The molecule has 5 nitrogen and oxygen atoms in total. The van der Waals surface area contributed by atoms with Crippen LogP contribution in [0.1, 0.15) is 16.1 Å². The fraction of sp³-hybridized carbons (Fsp3) is 0.0455. The number of anilines is 1. The molecule has 0 unspecified atom stereocenters. The van der Waals surface area contributed by atoms with E-state index in [0.29, 0.717) is 27.8 Å². The molecule has 0 bridgehead atoms. The van der Waals surface area contributed by atoms with Crippen molar-refractivity contribution in [2.45, 2.75) is 6.54 Å². The van der Waals surface area contributed by atoms with Gasteiger partial charge < -0.3 is 4.98 Å². The number of aromatic nitrogens is 3. The van der Waals surface area contributed by atoms with Crippen LogP contribution < -0.4 is 4.90 Å². The van der Waals surface area contributed by atoms with Gasteiger partial charge in [0.1, 0.15) is 5.52 Å². The second kappa shape index (κ2) is 7.31. The summed E-state index contributed by atoms with van der Waals surface area (Å²) >= 11 is 7.76. The quantitative estimate of drug-likeness (QED) is 0.408. The molecule has 0 fully saturated rings. The molecular formula is C22H15ClN4OS. The van der Waals surface area contributed by atoms with Crippen LogP contribution in [-0.2, 0) is 6.54 Å². The number of halogens is 1. The lowest BCUT2D eigenvalue weighted by atomic mass is 10.1. The van der Waals surface area contributed by atoms with Crippen LogP contribution in [0.15, 0.2) is 73.1 Å². The Morgan fingerprint density at radius 1 is 1.07 bits per heavy atom. The number of aromatic amines is 1. The Morgan fingerprint density at radius 3 is 2.76 bits per heavy atom. The average Bonchev–Trinajstić information content (AvgIpc) is 3.37. The molecule has 7 heteroatoms. The van der Waals surface area contributed by atoms with Crippen LogP contribution in [0.4, 0.5) is 5.13 Å². The van der Waals surface area contributed by atoms with Gasteiger partial charge in [0.15, 0.2) is 5.13 Å². The Bertz CT molecular complexity index is 1330. The number of pyridine rings is 1. The SMILES string of the molecule is O=C(c1c[nH]c2ccccc12)N(Cc1ccccn1)c1nc2c(Cl)cccc2s1. The maximum absolute atomic E-state index is 13.6. The van der Waals surface area contributed by atoms with E-state index < -0.39 is 0 Å². The standard InChI is InChI=1S/C22H15ClN4OS/c23-17-8-5-10-19-20(17)26-22(29-19)27(13-14-6-3-4-11-24-14)21(28)16-12-25-18-9-2-1-7-15(16)18/h1-12,25H,13H2. The van der Waals surface area contributed by atoms with Crippen molar-refractivity contribution in [3.8, 4) is 0 Å². The molecule has 1 N–H and O–H groups in total. The number of fused-ring (bicyclic) bond motifs is 2. The molecule has 0 atom stereocenters. The average molecular weight is 419 g/mol. The third kappa shape index (κ3) is 3.26. The second-order valence-corrected chi connectivity index (χ2v) is 7.96. The lowest BCUT2D eigenvalue weighted by Crippen LogP contribution is -2.30. The van der Waals surface area contributed by atoms with Crippen molar-refractivity contribution in [1.82, 2.24) is 15.0 Å². The molecule has 0 radical (unpaired) electrons. The molecule has 0 aliphatic rings. The number of H-pyrrole nitrogens is 1.